The predicted molar refractivity (Wildman–Crippen MR) is 66.7 cm³/mol. The van der Waals surface area contributed by atoms with Crippen LogP contribution in [0, 0.1) is 0 Å². The van der Waals surface area contributed by atoms with Crippen LogP contribution < -0.4 is 0 Å². The molecule has 2 atom stereocenters. The Hall–Kier alpha value is -0.620. The standard InChI is InChI=1S/C11H15ClO4S/c1-8(9-2-4-10(12)5-3-9)17(15,16)7-11(14)6-13/h2-5,8,11,13-14H,6-7H2,1H3. The highest BCUT2D eigenvalue weighted by molar-refractivity contribution is 7.91. The van der Waals surface area contributed by atoms with E-state index in [0.29, 0.717) is 10.6 Å². The SMILES string of the molecule is CC(c1ccc(Cl)cc1)S(=O)(=O)CC(O)CO. The lowest BCUT2D eigenvalue weighted by atomic mass is 10.2. The quantitative estimate of drug-likeness (QED) is 0.848. The summed E-state index contributed by atoms with van der Waals surface area (Å²) in [6.07, 6.45) is -1.24. The molecule has 6 heteroatoms. The Kier molecular flexibility index (Phi) is 4.94. The number of aliphatic hydroxyl groups is 2. The highest BCUT2D eigenvalue weighted by Gasteiger charge is 2.25. The summed E-state index contributed by atoms with van der Waals surface area (Å²) >= 11 is 5.71. The van der Waals surface area contributed by atoms with Gasteiger partial charge in [-0.25, -0.2) is 8.42 Å². The molecule has 0 amide bonds. The smallest absolute Gasteiger partial charge is 0.159 e. The summed E-state index contributed by atoms with van der Waals surface area (Å²) in [6, 6.07) is 6.50. The monoisotopic (exact) mass is 278 g/mol. The Morgan fingerprint density at radius 1 is 1.29 bits per heavy atom. The first-order valence-corrected chi connectivity index (χ1v) is 7.22. The summed E-state index contributed by atoms with van der Waals surface area (Å²) < 4.78 is 23.8. The van der Waals surface area contributed by atoms with Crippen LogP contribution in [0.1, 0.15) is 17.7 Å². The maximum Gasteiger partial charge on any atom is 0.159 e. The molecule has 1 aromatic carbocycles. The van der Waals surface area contributed by atoms with Gasteiger partial charge in [-0.1, -0.05) is 23.7 Å². The van der Waals surface area contributed by atoms with Crippen LogP contribution in [0.5, 0.6) is 0 Å². The van der Waals surface area contributed by atoms with Crippen LogP contribution >= 0.6 is 11.6 Å². The molecule has 0 fully saturated rings. The second-order valence-electron chi connectivity index (χ2n) is 3.86. The fourth-order valence-corrected chi connectivity index (χ4v) is 3.03. The van der Waals surface area contributed by atoms with Crippen molar-refractivity contribution < 1.29 is 18.6 Å². The molecule has 2 N–H and O–H groups in total. The van der Waals surface area contributed by atoms with E-state index < -0.39 is 33.6 Å². The number of rotatable bonds is 5. The van der Waals surface area contributed by atoms with Gasteiger partial charge in [-0.15, -0.1) is 0 Å². The zero-order chi connectivity index (χ0) is 13.1. The van der Waals surface area contributed by atoms with Crippen LogP contribution in [0.4, 0.5) is 0 Å². The molecule has 0 aliphatic carbocycles. The minimum absolute atomic E-state index is 0.451. The lowest BCUT2D eigenvalue weighted by Gasteiger charge is -2.15. The van der Waals surface area contributed by atoms with Gasteiger partial charge in [-0.3, -0.25) is 0 Å². The van der Waals surface area contributed by atoms with Crippen LogP contribution in [-0.4, -0.2) is 37.1 Å². The molecule has 2 unspecified atom stereocenters. The van der Waals surface area contributed by atoms with Crippen molar-refractivity contribution in [2.75, 3.05) is 12.4 Å². The van der Waals surface area contributed by atoms with Crippen molar-refractivity contribution in [1.29, 1.82) is 0 Å². The van der Waals surface area contributed by atoms with Crippen molar-refractivity contribution in [3.05, 3.63) is 34.9 Å². The van der Waals surface area contributed by atoms with Gasteiger partial charge < -0.3 is 10.2 Å². The maximum atomic E-state index is 11.9. The van der Waals surface area contributed by atoms with Crippen molar-refractivity contribution in [2.45, 2.75) is 18.3 Å². The van der Waals surface area contributed by atoms with Crippen LogP contribution in [0.15, 0.2) is 24.3 Å². The van der Waals surface area contributed by atoms with Crippen molar-refractivity contribution >= 4 is 21.4 Å². The number of sulfone groups is 1. The van der Waals surface area contributed by atoms with E-state index in [1.54, 1.807) is 31.2 Å². The molecule has 0 bridgehead atoms. The molecule has 17 heavy (non-hydrogen) atoms. The summed E-state index contributed by atoms with van der Waals surface area (Å²) in [7, 11) is -3.49. The van der Waals surface area contributed by atoms with Gasteiger partial charge in [0.1, 0.15) is 0 Å². The average Bonchev–Trinajstić information content (AvgIpc) is 2.28. The maximum absolute atomic E-state index is 11.9. The Morgan fingerprint density at radius 2 is 1.82 bits per heavy atom. The number of halogens is 1. The number of hydrogen-bond donors (Lipinski definition) is 2. The van der Waals surface area contributed by atoms with Crippen molar-refractivity contribution in [3.8, 4) is 0 Å². The molecule has 0 saturated carbocycles. The topological polar surface area (TPSA) is 74.6 Å². The van der Waals surface area contributed by atoms with Crippen LogP contribution in [-0.2, 0) is 9.84 Å². The number of aliphatic hydroxyl groups excluding tert-OH is 2. The molecule has 0 aliphatic heterocycles. The van der Waals surface area contributed by atoms with Gasteiger partial charge in [0, 0.05) is 5.02 Å². The normalized spacial score (nSPS) is 15.5. The fourth-order valence-electron chi connectivity index (χ4n) is 1.41. The van der Waals surface area contributed by atoms with E-state index in [2.05, 4.69) is 0 Å². The molecule has 0 radical (unpaired) electrons. The van der Waals surface area contributed by atoms with Gasteiger partial charge in [-0.05, 0) is 24.6 Å². The lowest BCUT2D eigenvalue weighted by Crippen LogP contribution is -2.27. The summed E-state index contributed by atoms with van der Waals surface area (Å²) in [4.78, 5) is 0. The highest BCUT2D eigenvalue weighted by Crippen LogP contribution is 2.24. The molecule has 0 spiro atoms. The third-order valence-electron chi connectivity index (χ3n) is 2.51. The molecule has 96 valence electrons. The fraction of sp³-hybridized carbons (Fsp3) is 0.455. The highest BCUT2D eigenvalue weighted by atomic mass is 35.5. The molecule has 0 heterocycles. The molecule has 4 nitrogen and oxygen atoms in total. The van der Waals surface area contributed by atoms with Gasteiger partial charge in [0.05, 0.1) is 23.7 Å². The molecule has 0 saturated heterocycles. The van der Waals surface area contributed by atoms with Gasteiger partial charge in [0.2, 0.25) is 0 Å². The molecule has 0 aromatic heterocycles. The Bertz CT molecular complexity index is 455. The molecular weight excluding hydrogens is 264 g/mol. The Morgan fingerprint density at radius 3 is 2.29 bits per heavy atom. The van der Waals surface area contributed by atoms with Gasteiger partial charge in [-0.2, -0.15) is 0 Å². The second-order valence-corrected chi connectivity index (χ2v) is 6.66. The minimum Gasteiger partial charge on any atom is -0.394 e. The zero-order valence-corrected chi connectivity index (χ0v) is 10.9. The Labute approximate surface area is 106 Å². The Balaban J connectivity index is 2.88. The number of benzene rings is 1. The van der Waals surface area contributed by atoms with E-state index in [1.807, 2.05) is 0 Å². The molecule has 1 aromatic rings. The second kappa shape index (κ2) is 5.82. The zero-order valence-electron chi connectivity index (χ0n) is 9.38. The molecule has 0 aliphatic rings. The van der Waals surface area contributed by atoms with Gasteiger partial charge >= 0.3 is 0 Å². The first-order chi connectivity index (χ1) is 7.86. The van der Waals surface area contributed by atoms with E-state index in [-0.39, 0.29) is 0 Å². The summed E-state index contributed by atoms with van der Waals surface area (Å²) in [6.45, 7) is 0.981. The first kappa shape index (κ1) is 14.4. The molecule has 1 rings (SSSR count). The summed E-state index contributed by atoms with van der Waals surface area (Å²) in [5.41, 5.74) is 0.611. The van der Waals surface area contributed by atoms with Crippen LogP contribution in [0.2, 0.25) is 5.02 Å². The van der Waals surface area contributed by atoms with Crippen molar-refractivity contribution in [2.24, 2.45) is 0 Å². The van der Waals surface area contributed by atoms with Gasteiger partial charge in [0.15, 0.2) is 9.84 Å². The van der Waals surface area contributed by atoms with E-state index in [0.717, 1.165) is 0 Å². The molecular formula is C11H15ClO4S. The third kappa shape index (κ3) is 3.96. The summed E-state index contributed by atoms with van der Waals surface area (Å²) in [5, 5.41) is 17.6. The number of hydrogen-bond acceptors (Lipinski definition) is 4. The van der Waals surface area contributed by atoms with E-state index >= 15 is 0 Å². The van der Waals surface area contributed by atoms with Crippen molar-refractivity contribution in [3.63, 3.8) is 0 Å². The summed E-state index contributed by atoms with van der Waals surface area (Å²) in [5.74, 6) is -0.451. The van der Waals surface area contributed by atoms with Gasteiger partial charge in [0.25, 0.3) is 0 Å². The van der Waals surface area contributed by atoms with E-state index in [4.69, 9.17) is 16.7 Å². The largest absolute Gasteiger partial charge is 0.394 e. The average molecular weight is 279 g/mol. The predicted octanol–water partition coefficient (Wildman–Crippen LogP) is 1.17. The van der Waals surface area contributed by atoms with Crippen LogP contribution in [0.25, 0.3) is 0 Å². The lowest BCUT2D eigenvalue weighted by molar-refractivity contribution is 0.112. The minimum atomic E-state index is -3.49. The van der Waals surface area contributed by atoms with E-state index in [9.17, 15) is 13.5 Å². The van der Waals surface area contributed by atoms with Crippen molar-refractivity contribution in [1.82, 2.24) is 0 Å². The first-order valence-electron chi connectivity index (χ1n) is 5.13. The van der Waals surface area contributed by atoms with Crippen LogP contribution in [0.3, 0.4) is 0 Å². The third-order valence-corrected chi connectivity index (χ3v) is 4.96. The van der Waals surface area contributed by atoms with E-state index in [1.165, 1.54) is 0 Å².